The quantitative estimate of drug-likeness (QED) is 0.673. The number of hydrogen-bond acceptors (Lipinski definition) is 5. The van der Waals surface area contributed by atoms with Crippen molar-refractivity contribution in [1.82, 2.24) is 24.5 Å². The highest BCUT2D eigenvalue weighted by molar-refractivity contribution is 8.00. The number of aromatic nitrogens is 4. The number of thioether (sulfide) groups is 1. The van der Waals surface area contributed by atoms with Crippen molar-refractivity contribution in [1.29, 1.82) is 0 Å². The molecule has 1 unspecified atom stereocenters. The van der Waals surface area contributed by atoms with E-state index in [1.807, 2.05) is 44.3 Å². The van der Waals surface area contributed by atoms with E-state index < -0.39 is 0 Å². The minimum atomic E-state index is -0.263. The van der Waals surface area contributed by atoms with E-state index in [0.29, 0.717) is 17.5 Å². The summed E-state index contributed by atoms with van der Waals surface area (Å²) >= 11 is 1.34. The Bertz CT molecular complexity index is 771. The van der Waals surface area contributed by atoms with Crippen molar-refractivity contribution in [2.75, 3.05) is 7.05 Å². The van der Waals surface area contributed by atoms with E-state index in [1.54, 1.807) is 27.9 Å². The molecule has 0 saturated carbocycles. The van der Waals surface area contributed by atoms with Crippen LogP contribution in [0.2, 0.25) is 0 Å². The van der Waals surface area contributed by atoms with Crippen LogP contribution in [0, 0.1) is 0 Å². The lowest BCUT2D eigenvalue weighted by Gasteiger charge is -2.20. The summed E-state index contributed by atoms with van der Waals surface area (Å²) in [6, 6.07) is 11.7. The van der Waals surface area contributed by atoms with Crippen molar-refractivity contribution < 1.29 is 4.79 Å². The van der Waals surface area contributed by atoms with Gasteiger partial charge in [0, 0.05) is 26.0 Å². The predicted molar refractivity (Wildman–Crippen MR) is 89.0 cm³/mol. The maximum atomic E-state index is 12.5. The van der Waals surface area contributed by atoms with Crippen LogP contribution in [0.15, 0.2) is 53.9 Å². The maximum absolute atomic E-state index is 12.5. The number of carbonyl (C=O) groups excluding carboxylic acids is 1. The Balaban J connectivity index is 1.64. The first-order valence-electron chi connectivity index (χ1n) is 7.26. The molecule has 2 aromatic heterocycles. The van der Waals surface area contributed by atoms with Gasteiger partial charge >= 0.3 is 0 Å². The van der Waals surface area contributed by atoms with Crippen LogP contribution in [0.1, 0.15) is 12.5 Å². The van der Waals surface area contributed by atoms with E-state index >= 15 is 0 Å². The first-order chi connectivity index (χ1) is 11.1. The van der Waals surface area contributed by atoms with Gasteiger partial charge in [-0.2, -0.15) is 4.98 Å². The number of benzene rings is 1. The van der Waals surface area contributed by atoms with E-state index in [2.05, 4.69) is 15.1 Å². The van der Waals surface area contributed by atoms with Gasteiger partial charge in [-0.3, -0.25) is 4.79 Å². The molecule has 2 heterocycles. The summed E-state index contributed by atoms with van der Waals surface area (Å²) in [5.74, 6) is 0.581. The summed E-state index contributed by atoms with van der Waals surface area (Å²) in [6.45, 7) is 2.46. The third-order valence-electron chi connectivity index (χ3n) is 3.37. The van der Waals surface area contributed by atoms with Crippen LogP contribution in [-0.2, 0) is 11.3 Å². The molecule has 0 spiro atoms. The lowest BCUT2D eigenvalue weighted by atomic mass is 10.2. The average molecular weight is 327 g/mol. The van der Waals surface area contributed by atoms with E-state index in [4.69, 9.17) is 0 Å². The van der Waals surface area contributed by atoms with Crippen LogP contribution in [-0.4, -0.2) is 42.7 Å². The van der Waals surface area contributed by atoms with Gasteiger partial charge in [0.05, 0.1) is 5.25 Å². The van der Waals surface area contributed by atoms with E-state index in [0.717, 1.165) is 5.56 Å². The van der Waals surface area contributed by atoms with Gasteiger partial charge in [-0.15, -0.1) is 5.10 Å². The van der Waals surface area contributed by atoms with Gasteiger partial charge in [-0.05, 0) is 18.6 Å². The molecule has 1 amide bonds. The van der Waals surface area contributed by atoms with Crippen LogP contribution in [0.4, 0.5) is 0 Å². The minimum Gasteiger partial charge on any atom is -0.340 e. The summed E-state index contributed by atoms with van der Waals surface area (Å²) in [6.07, 6.45) is 3.45. The highest BCUT2D eigenvalue weighted by atomic mass is 32.2. The van der Waals surface area contributed by atoms with Crippen molar-refractivity contribution in [2.24, 2.45) is 0 Å². The molecule has 118 valence electrons. The van der Waals surface area contributed by atoms with Gasteiger partial charge in [0.1, 0.15) is 0 Å². The highest BCUT2D eigenvalue weighted by Gasteiger charge is 2.21. The molecule has 0 fully saturated rings. The van der Waals surface area contributed by atoms with E-state index in [1.165, 1.54) is 11.8 Å². The summed E-state index contributed by atoms with van der Waals surface area (Å²) < 4.78 is 1.60. The van der Waals surface area contributed by atoms with Crippen LogP contribution >= 0.6 is 11.8 Å². The Morgan fingerprint density at radius 3 is 2.83 bits per heavy atom. The molecule has 0 aliphatic rings. The second-order valence-corrected chi connectivity index (χ2v) is 6.51. The number of amides is 1. The molecule has 0 bridgehead atoms. The van der Waals surface area contributed by atoms with Crippen molar-refractivity contribution in [3.63, 3.8) is 0 Å². The first-order valence-corrected chi connectivity index (χ1v) is 8.14. The molecule has 0 saturated heterocycles. The van der Waals surface area contributed by atoms with E-state index in [-0.39, 0.29) is 11.2 Å². The zero-order valence-corrected chi connectivity index (χ0v) is 13.8. The molecular formula is C16H17N5OS. The molecule has 23 heavy (non-hydrogen) atoms. The van der Waals surface area contributed by atoms with Crippen LogP contribution in [0.5, 0.6) is 0 Å². The predicted octanol–water partition coefficient (Wildman–Crippen LogP) is 2.26. The zero-order valence-electron chi connectivity index (χ0n) is 13.0. The fraction of sp³-hybridized carbons (Fsp3) is 0.250. The second kappa shape index (κ2) is 6.78. The number of rotatable bonds is 5. The Morgan fingerprint density at radius 2 is 2.09 bits per heavy atom. The smallest absolute Gasteiger partial charge is 0.253 e. The van der Waals surface area contributed by atoms with E-state index in [9.17, 15) is 4.79 Å². The van der Waals surface area contributed by atoms with Gasteiger partial charge in [-0.1, -0.05) is 42.1 Å². The normalized spacial score (nSPS) is 12.3. The Kier molecular flexibility index (Phi) is 4.57. The number of fused-ring (bicyclic) bond motifs is 1. The molecule has 0 aliphatic heterocycles. The Morgan fingerprint density at radius 1 is 1.30 bits per heavy atom. The third kappa shape index (κ3) is 3.68. The summed E-state index contributed by atoms with van der Waals surface area (Å²) in [4.78, 5) is 22.7. The van der Waals surface area contributed by atoms with Crippen molar-refractivity contribution >= 4 is 23.4 Å². The highest BCUT2D eigenvalue weighted by Crippen LogP contribution is 2.21. The fourth-order valence-electron chi connectivity index (χ4n) is 2.22. The number of carbonyl (C=O) groups is 1. The van der Waals surface area contributed by atoms with Crippen LogP contribution in [0.3, 0.4) is 0 Å². The summed E-state index contributed by atoms with van der Waals surface area (Å²) in [7, 11) is 1.81. The average Bonchev–Trinajstić information content (AvgIpc) is 2.97. The Hall–Kier alpha value is -2.41. The molecule has 1 atom stereocenters. The lowest BCUT2D eigenvalue weighted by molar-refractivity contribution is -0.129. The summed E-state index contributed by atoms with van der Waals surface area (Å²) in [5, 5.41) is 4.60. The van der Waals surface area contributed by atoms with Crippen molar-refractivity contribution in [3.8, 4) is 0 Å². The molecular weight excluding hydrogens is 310 g/mol. The third-order valence-corrected chi connectivity index (χ3v) is 4.30. The molecule has 7 heteroatoms. The second-order valence-electron chi connectivity index (χ2n) is 5.20. The topological polar surface area (TPSA) is 63.4 Å². The fourth-order valence-corrected chi connectivity index (χ4v) is 3.08. The minimum absolute atomic E-state index is 0.0469. The SMILES string of the molecule is CC(Sc1nc2ncccn2n1)C(=O)N(C)Cc1ccccc1. The lowest BCUT2D eigenvalue weighted by Crippen LogP contribution is -2.32. The summed E-state index contributed by atoms with van der Waals surface area (Å²) in [5.41, 5.74) is 1.11. The monoisotopic (exact) mass is 327 g/mol. The molecule has 6 nitrogen and oxygen atoms in total. The zero-order chi connectivity index (χ0) is 16.2. The molecule has 0 aliphatic carbocycles. The van der Waals surface area contributed by atoms with Crippen LogP contribution in [0.25, 0.3) is 5.78 Å². The van der Waals surface area contributed by atoms with Crippen molar-refractivity contribution in [2.45, 2.75) is 23.9 Å². The number of hydrogen-bond donors (Lipinski definition) is 0. The largest absolute Gasteiger partial charge is 0.340 e. The number of nitrogens with zero attached hydrogens (tertiary/aromatic N) is 5. The standard InChI is InChI=1S/C16H17N5OS/c1-12(14(22)20(2)11-13-7-4-3-5-8-13)23-16-18-15-17-9-6-10-21(15)19-16/h3-10,12H,11H2,1-2H3. The van der Waals surface area contributed by atoms with Gasteiger partial charge < -0.3 is 4.90 Å². The van der Waals surface area contributed by atoms with Gasteiger partial charge in [-0.25, -0.2) is 9.50 Å². The van der Waals surface area contributed by atoms with Gasteiger partial charge in [0.15, 0.2) is 0 Å². The Labute approximate surface area is 138 Å². The van der Waals surface area contributed by atoms with Crippen LogP contribution < -0.4 is 0 Å². The maximum Gasteiger partial charge on any atom is 0.253 e. The molecule has 3 rings (SSSR count). The molecule has 1 aromatic carbocycles. The molecule has 0 radical (unpaired) electrons. The van der Waals surface area contributed by atoms with Gasteiger partial charge in [0.2, 0.25) is 11.1 Å². The molecule has 3 aromatic rings. The van der Waals surface area contributed by atoms with Crippen molar-refractivity contribution in [3.05, 3.63) is 54.4 Å². The molecule has 0 N–H and O–H groups in total. The van der Waals surface area contributed by atoms with Gasteiger partial charge in [0.25, 0.3) is 5.78 Å². The first kappa shape index (κ1) is 15.5.